The summed E-state index contributed by atoms with van der Waals surface area (Å²) in [6.07, 6.45) is 4.35. The van der Waals surface area contributed by atoms with Crippen LogP contribution in [0.25, 0.3) is 0 Å². The maximum atomic E-state index is 11.6. The van der Waals surface area contributed by atoms with Crippen molar-refractivity contribution in [3.63, 3.8) is 0 Å². The zero-order chi connectivity index (χ0) is 14.4. The zero-order valence-electron chi connectivity index (χ0n) is 12.0. The number of nitrogens with two attached hydrogens (primary N) is 1. The summed E-state index contributed by atoms with van der Waals surface area (Å²) in [5.74, 6) is 1.33. The largest absolute Gasteiger partial charge is 0.373 e. The average molecular weight is 294 g/mol. The molecule has 1 aromatic rings. The van der Waals surface area contributed by atoms with E-state index in [9.17, 15) is 9.90 Å². The quantitative estimate of drug-likeness (QED) is 0.747. The molecule has 2 saturated carbocycles. The van der Waals surface area contributed by atoms with Crippen LogP contribution in [0.4, 0.5) is 5.00 Å². The molecular weight excluding hydrogens is 272 g/mol. The number of anilines is 1. The number of hydrogen-bond donors (Lipinski definition) is 3. The molecule has 1 heterocycles. The molecule has 2 bridgehead atoms. The van der Waals surface area contributed by atoms with E-state index in [0.717, 1.165) is 27.8 Å². The van der Waals surface area contributed by atoms with Gasteiger partial charge in [0.2, 0.25) is 0 Å². The fourth-order valence-electron chi connectivity index (χ4n) is 3.95. The van der Waals surface area contributed by atoms with E-state index in [-0.39, 0.29) is 0 Å². The number of hydrogen-bond acceptors (Lipinski definition) is 4. The third kappa shape index (κ3) is 2.23. The third-order valence-corrected chi connectivity index (χ3v) is 6.25. The normalized spacial score (nSPS) is 29.6. The first-order chi connectivity index (χ1) is 9.47. The van der Waals surface area contributed by atoms with E-state index in [4.69, 9.17) is 5.73 Å². The topological polar surface area (TPSA) is 75.3 Å². The molecule has 1 amide bonds. The molecule has 4 N–H and O–H groups in total. The maximum absolute atomic E-state index is 11.6. The Kier molecular flexibility index (Phi) is 3.50. The zero-order valence-corrected chi connectivity index (χ0v) is 12.8. The van der Waals surface area contributed by atoms with Crippen LogP contribution in [-0.2, 0) is 0 Å². The van der Waals surface area contributed by atoms with Crippen LogP contribution in [0.2, 0.25) is 0 Å². The average Bonchev–Trinajstić information content (AvgIpc) is 3.05. The van der Waals surface area contributed by atoms with Crippen molar-refractivity contribution < 1.29 is 9.90 Å². The van der Waals surface area contributed by atoms with Crippen LogP contribution in [0, 0.1) is 31.6 Å². The van der Waals surface area contributed by atoms with Gasteiger partial charge in [-0.15, -0.1) is 11.3 Å². The third-order valence-electron chi connectivity index (χ3n) is 5.11. The number of fused-ring (bicyclic) bond motifs is 2. The molecule has 0 spiro atoms. The van der Waals surface area contributed by atoms with Crippen LogP contribution < -0.4 is 11.1 Å². The summed E-state index contributed by atoms with van der Waals surface area (Å²) in [5, 5.41) is 14.4. The summed E-state index contributed by atoms with van der Waals surface area (Å²) in [4.78, 5) is 12.7. The van der Waals surface area contributed by atoms with Crippen molar-refractivity contribution in [2.45, 2.75) is 45.8 Å². The van der Waals surface area contributed by atoms with E-state index >= 15 is 0 Å². The Hall–Kier alpha value is -1.07. The lowest BCUT2D eigenvalue weighted by Gasteiger charge is -2.27. The monoisotopic (exact) mass is 294 g/mol. The lowest BCUT2D eigenvalue weighted by Crippen LogP contribution is -2.32. The molecule has 2 fully saturated rings. The fourth-order valence-corrected chi connectivity index (χ4v) is 5.04. The van der Waals surface area contributed by atoms with E-state index < -0.39 is 12.1 Å². The Morgan fingerprint density at radius 1 is 1.40 bits per heavy atom. The first-order valence-electron chi connectivity index (χ1n) is 7.31. The van der Waals surface area contributed by atoms with E-state index in [2.05, 4.69) is 5.32 Å². The lowest BCUT2D eigenvalue weighted by atomic mass is 9.87. The van der Waals surface area contributed by atoms with Gasteiger partial charge in [0, 0.05) is 10.8 Å². The van der Waals surface area contributed by atoms with Gasteiger partial charge in [-0.2, -0.15) is 0 Å². The Morgan fingerprint density at radius 3 is 2.70 bits per heavy atom. The molecule has 110 valence electrons. The number of aliphatic hydroxyl groups excluding tert-OH is 1. The number of carbonyl (C=O) groups is 1. The molecule has 20 heavy (non-hydrogen) atoms. The molecule has 5 heteroatoms. The predicted octanol–water partition coefficient (Wildman–Crippen LogP) is 2.63. The van der Waals surface area contributed by atoms with Crippen molar-refractivity contribution in [1.29, 1.82) is 0 Å². The smallest absolute Gasteiger partial charge is 0.251 e. The van der Waals surface area contributed by atoms with Gasteiger partial charge in [-0.05, 0) is 50.5 Å². The highest BCUT2D eigenvalue weighted by Crippen LogP contribution is 2.49. The van der Waals surface area contributed by atoms with E-state index in [1.54, 1.807) is 0 Å². The Balaban J connectivity index is 1.78. The van der Waals surface area contributed by atoms with Crippen molar-refractivity contribution >= 4 is 22.2 Å². The van der Waals surface area contributed by atoms with Crippen molar-refractivity contribution in [2.75, 3.05) is 5.32 Å². The Bertz CT molecular complexity index is 540. The van der Waals surface area contributed by atoms with Crippen LogP contribution >= 0.6 is 11.3 Å². The highest BCUT2D eigenvalue weighted by atomic mass is 32.1. The van der Waals surface area contributed by atoms with E-state index in [0.29, 0.717) is 17.4 Å². The summed E-state index contributed by atoms with van der Waals surface area (Å²) in [6.45, 7) is 3.88. The number of amides is 1. The minimum absolute atomic E-state index is 0.317. The van der Waals surface area contributed by atoms with Crippen LogP contribution in [0.5, 0.6) is 0 Å². The van der Waals surface area contributed by atoms with Crippen LogP contribution in [-0.4, -0.2) is 17.2 Å². The summed E-state index contributed by atoms with van der Waals surface area (Å²) >= 11 is 1.50. The molecule has 2 aliphatic carbocycles. The minimum Gasteiger partial charge on any atom is -0.373 e. The number of nitrogens with one attached hydrogen (secondary N) is 1. The molecule has 2 aliphatic rings. The molecule has 0 saturated heterocycles. The van der Waals surface area contributed by atoms with Crippen LogP contribution in [0.3, 0.4) is 0 Å². The lowest BCUT2D eigenvalue weighted by molar-refractivity contribution is 0.0972. The maximum Gasteiger partial charge on any atom is 0.251 e. The highest BCUT2D eigenvalue weighted by molar-refractivity contribution is 7.16. The molecule has 0 aliphatic heterocycles. The van der Waals surface area contributed by atoms with Gasteiger partial charge < -0.3 is 16.2 Å². The highest BCUT2D eigenvalue weighted by Gasteiger charge is 2.43. The summed E-state index contributed by atoms with van der Waals surface area (Å²) in [5.41, 5.74) is 6.92. The molecule has 1 aromatic heterocycles. The second-order valence-corrected chi connectivity index (χ2v) is 7.50. The predicted molar refractivity (Wildman–Crippen MR) is 80.9 cm³/mol. The van der Waals surface area contributed by atoms with E-state index in [1.165, 1.54) is 30.6 Å². The summed E-state index contributed by atoms with van der Waals surface area (Å²) in [6, 6.07) is 0. The number of primary amides is 1. The first kappa shape index (κ1) is 13.9. The number of thiophene rings is 1. The summed E-state index contributed by atoms with van der Waals surface area (Å²) < 4.78 is 0. The number of carbonyl (C=O) groups excluding carboxylic acids is 1. The molecule has 0 aromatic carbocycles. The number of aliphatic hydroxyl groups is 1. The molecule has 4 atom stereocenters. The van der Waals surface area contributed by atoms with Crippen molar-refractivity contribution in [1.82, 2.24) is 0 Å². The molecule has 0 radical (unpaired) electrons. The van der Waals surface area contributed by atoms with Crippen molar-refractivity contribution in [3.8, 4) is 0 Å². The second-order valence-electron chi connectivity index (χ2n) is 6.28. The Morgan fingerprint density at radius 2 is 2.15 bits per heavy atom. The van der Waals surface area contributed by atoms with Gasteiger partial charge in [-0.3, -0.25) is 4.79 Å². The van der Waals surface area contributed by atoms with Gasteiger partial charge in [0.05, 0.1) is 5.56 Å². The van der Waals surface area contributed by atoms with Gasteiger partial charge in [-0.1, -0.05) is 6.42 Å². The van der Waals surface area contributed by atoms with Crippen LogP contribution in [0.15, 0.2) is 0 Å². The number of rotatable bonds is 4. The molecule has 4 nitrogen and oxygen atoms in total. The number of aryl methyl sites for hydroxylation is 1. The van der Waals surface area contributed by atoms with Crippen molar-refractivity contribution in [2.24, 2.45) is 23.5 Å². The van der Waals surface area contributed by atoms with E-state index in [1.807, 2.05) is 13.8 Å². The Labute approximate surface area is 123 Å². The van der Waals surface area contributed by atoms with Gasteiger partial charge in [0.25, 0.3) is 5.91 Å². The van der Waals surface area contributed by atoms with Crippen molar-refractivity contribution in [3.05, 3.63) is 16.0 Å². The molecular formula is C15H22N2O2S. The summed E-state index contributed by atoms with van der Waals surface area (Å²) in [7, 11) is 0. The standard InChI is InChI=1S/C15H22N2O2S/c1-7-8(2)20-15(12(7)13(16)18)17-14(19)11-6-9-3-4-10(11)5-9/h9-11,14,17,19H,3-6H2,1-2H3,(H2,16,18). The van der Waals surface area contributed by atoms with Gasteiger partial charge >= 0.3 is 0 Å². The van der Waals surface area contributed by atoms with Gasteiger partial charge in [0.15, 0.2) is 0 Å². The molecule has 4 unspecified atom stereocenters. The minimum atomic E-state index is -0.569. The second kappa shape index (κ2) is 5.04. The van der Waals surface area contributed by atoms with Gasteiger partial charge in [-0.25, -0.2) is 0 Å². The first-order valence-corrected chi connectivity index (χ1v) is 8.13. The van der Waals surface area contributed by atoms with Crippen LogP contribution in [0.1, 0.15) is 46.5 Å². The van der Waals surface area contributed by atoms with Gasteiger partial charge in [0.1, 0.15) is 11.2 Å². The fraction of sp³-hybridized carbons (Fsp3) is 0.667. The molecule has 3 rings (SSSR count). The SMILES string of the molecule is Cc1sc(NC(O)C2CC3CCC2C3)c(C(N)=O)c1C.